The number of carbonyl (C=O) groups excluding carboxylic acids is 1. The van der Waals surface area contributed by atoms with E-state index >= 15 is 0 Å². The zero-order valence-electron chi connectivity index (χ0n) is 15.1. The van der Waals surface area contributed by atoms with Crippen molar-refractivity contribution in [1.82, 2.24) is 5.16 Å². The summed E-state index contributed by atoms with van der Waals surface area (Å²) in [5, 5.41) is 6.24. The monoisotopic (exact) mass is 372 g/mol. The Morgan fingerprint density at radius 2 is 1.78 bits per heavy atom. The van der Waals surface area contributed by atoms with Crippen molar-refractivity contribution in [1.29, 1.82) is 0 Å². The summed E-state index contributed by atoms with van der Waals surface area (Å²) < 4.78 is 37.2. The Morgan fingerprint density at radius 1 is 1.07 bits per heavy atom. The molecule has 0 radical (unpaired) electrons. The summed E-state index contributed by atoms with van der Waals surface area (Å²) >= 11 is 0. The van der Waals surface area contributed by atoms with E-state index in [1.807, 2.05) is 32.0 Å². The zero-order chi connectivity index (χ0) is 19.6. The third kappa shape index (κ3) is 4.31. The van der Waals surface area contributed by atoms with E-state index in [9.17, 15) is 13.6 Å². The summed E-state index contributed by atoms with van der Waals surface area (Å²) in [5.74, 6) is -1.54. The molecule has 1 amide bonds. The molecule has 5 nitrogen and oxygen atoms in total. The molecule has 0 saturated carbocycles. The predicted molar refractivity (Wildman–Crippen MR) is 95.8 cm³/mol. The quantitative estimate of drug-likeness (QED) is 0.704. The number of ether oxygens (including phenoxy) is 1. The average Bonchev–Trinajstić information content (AvgIpc) is 2.96. The molecule has 0 fully saturated rings. The van der Waals surface area contributed by atoms with Gasteiger partial charge in [-0.2, -0.15) is 0 Å². The Hall–Kier alpha value is -3.22. The Morgan fingerprint density at radius 3 is 2.44 bits per heavy atom. The van der Waals surface area contributed by atoms with Gasteiger partial charge < -0.3 is 14.6 Å². The van der Waals surface area contributed by atoms with E-state index in [0.717, 1.165) is 23.3 Å². The summed E-state index contributed by atoms with van der Waals surface area (Å²) in [6, 6.07) is 8.88. The molecule has 1 N–H and O–H groups in total. The van der Waals surface area contributed by atoms with Gasteiger partial charge in [0.1, 0.15) is 18.1 Å². The lowest BCUT2D eigenvalue weighted by Gasteiger charge is -2.09. The first-order chi connectivity index (χ1) is 12.8. The van der Waals surface area contributed by atoms with Crippen LogP contribution in [-0.4, -0.2) is 11.1 Å². The van der Waals surface area contributed by atoms with Crippen molar-refractivity contribution in [3.8, 4) is 5.75 Å². The molecule has 1 aromatic heterocycles. The van der Waals surface area contributed by atoms with Crippen LogP contribution in [0.1, 0.15) is 32.9 Å². The largest absolute Gasteiger partial charge is 0.489 e. The standard InChI is InChI=1S/C20H18F2N2O3/c1-11-6-12(2)8-15(7-11)26-10-16-13(3)27-24-19(16)20(25)23-14-4-5-17(21)18(22)9-14/h4-9H,10H2,1-3H3,(H,23,25). The number of rotatable bonds is 5. The van der Waals surface area contributed by atoms with Crippen LogP contribution in [0.5, 0.6) is 5.75 Å². The molecular weight excluding hydrogens is 354 g/mol. The van der Waals surface area contributed by atoms with Crippen molar-refractivity contribution in [3.63, 3.8) is 0 Å². The fourth-order valence-corrected chi connectivity index (χ4v) is 2.68. The van der Waals surface area contributed by atoms with Crippen molar-refractivity contribution in [3.05, 3.63) is 76.2 Å². The van der Waals surface area contributed by atoms with E-state index in [4.69, 9.17) is 9.26 Å². The SMILES string of the molecule is Cc1cc(C)cc(OCc2c(C(=O)Nc3ccc(F)c(F)c3)noc2C)c1. The summed E-state index contributed by atoms with van der Waals surface area (Å²) in [6.45, 7) is 5.68. The molecular formula is C20H18F2N2O3. The normalized spacial score (nSPS) is 10.7. The summed E-state index contributed by atoms with van der Waals surface area (Å²) in [6.07, 6.45) is 0. The molecule has 0 atom stereocenters. The van der Waals surface area contributed by atoms with Gasteiger partial charge in [-0.1, -0.05) is 11.2 Å². The fourth-order valence-electron chi connectivity index (χ4n) is 2.68. The van der Waals surface area contributed by atoms with Gasteiger partial charge in [-0.3, -0.25) is 4.79 Å². The number of anilines is 1. The van der Waals surface area contributed by atoms with Crippen molar-refractivity contribution in [2.75, 3.05) is 5.32 Å². The van der Waals surface area contributed by atoms with Crippen molar-refractivity contribution >= 4 is 11.6 Å². The van der Waals surface area contributed by atoms with E-state index < -0.39 is 17.5 Å². The van der Waals surface area contributed by atoms with Gasteiger partial charge in [0.15, 0.2) is 17.3 Å². The fraction of sp³-hybridized carbons (Fsp3) is 0.200. The molecule has 0 aliphatic heterocycles. The Labute approximate surface area is 154 Å². The van der Waals surface area contributed by atoms with Crippen LogP contribution in [0.4, 0.5) is 14.5 Å². The summed E-state index contributed by atoms with van der Waals surface area (Å²) in [4.78, 5) is 12.5. The van der Waals surface area contributed by atoms with Gasteiger partial charge in [-0.15, -0.1) is 0 Å². The second-order valence-electron chi connectivity index (χ2n) is 6.26. The van der Waals surface area contributed by atoms with Gasteiger partial charge in [-0.25, -0.2) is 8.78 Å². The first-order valence-corrected chi connectivity index (χ1v) is 8.26. The third-order valence-electron chi connectivity index (χ3n) is 3.96. The van der Waals surface area contributed by atoms with E-state index in [0.29, 0.717) is 17.1 Å². The first-order valence-electron chi connectivity index (χ1n) is 8.26. The molecule has 1 heterocycles. The third-order valence-corrected chi connectivity index (χ3v) is 3.96. The van der Waals surface area contributed by atoms with Crippen molar-refractivity contribution in [2.24, 2.45) is 0 Å². The second kappa shape index (κ2) is 7.57. The number of amides is 1. The van der Waals surface area contributed by atoms with Gasteiger partial charge in [-0.05, 0) is 56.2 Å². The summed E-state index contributed by atoms with van der Waals surface area (Å²) in [5.41, 5.74) is 2.74. The Balaban J connectivity index is 1.77. The molecule has 7 heteroatoms. The Kier molecular flexibility index (Phi) is 5.21. The van der Waals surface area contributed by atoms with Crippen molar-refractivity contribution < 1.29 is 22.8 Å². The van der Waals surface area contributed by atoms with E-state index in [1.165, 1.54) is 6.07 Å². The minimum absolute atomic E-state index is 0.0293. The van der Waals surface area contributed by atoms with Crippen LogP contribution < -0.4 is 10.1 Å². The highest BCUT2D eigenvalue weighted by atomic mass is 19.2. The topological polar surface area (TPSA) is 64.4 Å². The number of halogens is 2. The van der Waals surface area contributed by atoms with E-state index in [1.54, 1.807) is 6.92 Å². The smallest absolute Gasteiger partial charge is 0.278 e. The minimum atomic E-state index is -1.05. The number of aryl methyl sites for hydroxylation is 3. The lowest BCUT2D eigenvalue weighted by atomic mass is 10.1. The Bertz CT molecular complexity index is 979. The molecule has 0 saturated heterocycles. The number of nitrogens with zero attached hydrogens (tertiary/aromatic N) is 1. The zero-order valence-corrected chi connectivity index (χ0v) is 15.1. The van der Waals surface area contributed by atoms with Crippen LogP contribution in [0, 0.1) is 32.4 Å². The van der Waals surface area contributed by atoms with Crippen LogP contribution in [0.15, 0.2) is 40.9 Å². The van der Waals surface area contributed by atoms with Crippen LogP contribution in [-0.2, 0) is 6.61 Å². The maximum absolute atomic E-state index is 13.3. The molecule has 0 unspecified atom stereocenters. The molecule has 0 aliphatic rings. The maximum Gasteiger partial charge on any atom is 0.278 e. The summed E-state index contributed by atoms with van der Waals surface area (Å²) in [7, 11) is 0. The first kappa shape index (κ1) is 18.6. The highest BCUT2D eigenvalue weighted by molar-refractivity contribution is 6.03. The lowest BCUT2D eigenvalue weighted by molar-refractivity contribution is 0.101. The van der Waals surface area contributed by atoms with Gasteiger partial charge >= 0.3 is 0 Å². The molecule has 140 valence electrons. The second-order valence-corrected chi connectivity index (χ2v) is 6.26. The molecule has 3 aromatic rings. The van der Waals surface area contributed by atoms with Gasteiger partial charge in [0.2, 0.25) is 0 Å². The van der Waals surface area contributed by atoms with Gasteiger partial charge in [0, 0.05) is 11.8 Å². The van der Waals surface area contributed by atoms with Gasteiger partial charge in [0.25, 0.3) is 5.91 Å². The van der Waals surface area contributed by atoms with Crippen molar-refractivity contribution in [2.45, 2.75) is 27.4 Å². The molecule has 2 aromatic carbocycles. The molecule has 0 bridgehead atoms. The number of nitrogens with one attached hydrogen (secondary N) is 1. The number of aromatic nitrogens is 1. The number of benzene rings is 2. The number of hydrogen-bond donors (Lipinski definition) is 1. The number of hydrogen-bond acceptors (Lipinski definition) is 4. The molecule has 27 heavy (non-hydrogen) atoms. The average molecular weight is 372 g/mol. The molecule has 0 aliphatic carbocycles. The molecule has 0 spiro atoms. The van der Waals surface area contributed by atoms with Crippen LogP contribution in [0.25, 0.3) is 0 Å². The predicted octanol–water partition coefficient (Wildman–Crippen LogP) is 4.71. The molecule has 3 rings (SSSR count). The lowest BCUT2D eigenvalue weighted by Crippen LogP contribution is -2.15. The number of carbonyl (C=O) groups is 1. The maximum atomic E-state index is 13.3. The van der Waals surface area contributed by atoms with Gasteiger partial charge in [0.05, 0.1) is 5.56 Å². The highest BCUT2D eigenvalue weighted by Crippen LogP contribution is 2.21. The van der Waals surface area contributed by atoms with Crippen LogP contribution in [0.2, 0.25) is 0 Å². The van der Waals surface area contributed by atoms with E-state index in [-0.39, 0.29) is 18.0 Å². The van der Waals surface area contributed by atoms with Crippen LogP contribution >= 0.6 is 0 Å². The highest BCUT2D eigenvalue weighted by Gasteiger charge is 2.21. The van der Waals surface area contributed by atoms with Crippen LogP contribution in [0.3, 0.4) is 0 Å². The van der Waals surface area contributed by atoms with E-state index in [2.05, 4.69) is 10.5 Å². The minimum Gasteiger partial charge on any atom is -0.489 e.